The Hall–Kier alpha value is -2.20. The maximum Gasteiger partial charge on any atom is 0.230 e. The van der Waals surface area contributed by atoms with Crippen molar-refractivity contribution in [2.24, 2.45) is 0 Å². The fourth-order valence-corrected chi connectivity index (χ4v) is 3.52. The van der Waals surface area contributed by atoms with Gasteiger partial charge in [0, 0.05) is 13.6 Å². The normalized spacial score (nSPS) is 10.2. The van der Waals surface area contributed by atoms with Crippen LogP contribution >= 0.6 is 23.1 Å². The third-order valence-electron chi connectivity index (χ3n) is 3.16. The molecule has 0 unspecified atom stereocenters. The first-order chi connectivity index (χ1) is 12.1. The first-order valence-corrected chi connectivity index (χ1v) is 9.11. The zero-order chi connectivity index (χ0) is 18.2. The van der Waals surface area contributed by atoms with Gasteiger partial charge in [-0.1, -0.05) is 23.1 Å². The van der Waals surface area contributed by atoms with Gasteiger partial charge in [0.1, 0.15) is 0 Å². The summed E-state index contributed by atoms with van der Waals surface area (Å²) in [6.45, 7) is 0.355. The summed E-state index contributed by atoms with van der Waals surface area (Å²) in [5.41, 5.74) is 0.848. The second kappa shape index (κ2) is 9.33. The number of thioether (sulfide) groups is 1. The van der Waals surface area contributed by atoms with E-state index in [9.17, 15) is 4.79 Å². The quantitative estimate of drug-likeness (QED) is 0.634. The molecule has 2 aromatic rings. The van der Waals surface area contributed by atoms with Crippen molar-refractivity contribution in [1.82, 2.24) is 15.5 Å². The zero-order valence-electron chi connectivity index (χ0n) is 14.4. The Labute approximate surface area is 154 Å². The van der Waals surface area contributed by atoms with Crippen LogP contribution in [-0.2, 0) is 11.3 Å². The number of hydrogen-bond acceptors (Lipinski definition) is 9. The van der Waals surface area contributed by atoms with E-state index in [0.29, 0.717) is 23.8 Å². The number of nitrogens with zero attached hydrogens (tertiary/aromatic N) is 2. The second-order valence-electron chi connectivity index (χ2n) is 4.72. The van der Waals surface area contributed by atoms with Crippen molar-refractivity contribution in [3.8, 4) is 17.2 Å². The van der Waals surface area contributed by atoms with Crippen LogP contribution in [0.2, 0.25) is 0 Å². The Bertz CT molecular complexity index is 698. The van der Waals surface area contributed by atoms with E-state index in [4.69, 9.17) is 14.2 Å². The van der Waals surface area contributed by atoms with Gasteiger partial charge < -0.3 is 24.8 Å². The lowest BCUT2D eigenvalue weighted by Gasteiger charge is -2.14. The van der Waals surface area contributed by atoms with Crippen molar-refractivity contribution >= 4 is 34.1 Å². The highest BCUT2D eigenvalue weighted by Gasteiger charge is 2.14. The minimum Gasteiger partial charge on any atom is -0.493 e. The van der Waals surface area contributed by atoms with Crippen LogP contribution in [0.15, 0.2) is 16.5 Å². The molecule has 0 aliphatic rings. The van der Waals surface area contributed by atoms with Crippen LogP contribution in [0.25, 0.3) is 0 Å². The first-order valence-electron chi connectivity index (χ1n) is 7.30. The molecule has 0 atom stereocenters. The molecule has 2 rings (SSSR count). The molecule has 10 heteroatoms. The lowest BCUT2D eigenvalue weighted by atomic mass is 10.2. The summed E-state index contributed by atoms with van der Waals surface area (Å²) >= 11 is 2.75. The molecule has 0 aliphatic heterocycles. The van der Waals surface area contributed by atoms with Gasteiger partial charge in [-0.15, -0.1) is 10.2 Å². The molecule has 1 aromatic carbocycles. The third-order valence-corrected chi connectivity index (χ3v) is 5.24. The fraction of sp³-hybridized carbons (Fsp3) is 0.400. The van der Waals surface area contributed by atoms with Gasteiger partial charge in [0.15, 0.2) is 15.8 Å². The van der Waals surface area contributed by atoms with E-state index in [1.807, 2.05) is 0 Å². The third kappa shape index (κ3) is 5.13. The molecule has 0 bridgehead atoms. The molecule has 1 amide bonds. The lowest BCUT2D eigenvalue weighted by Crippen LogP contribution is -2.24. The standard InChI is InChI=1S/C15H20N4O4S2/c1-16-14-18-19-15(25-14)24-8-12(20)17-7-9-5-10(21-2)13(23-4)11(6-9)22-3/h5-6H,7-8H2,1-4H3,(H,16,18)(H,17,20). The van der Waals surface area contributed by atoms with Crippen molar-refractivity contribution in [2.75, 3.05) is 39.4 Å². The maximum absolute atomic E-state index is 12.0. The summed E-state index contributed by atoms with van der Waals surface area (Å²) in [6, 6.07) is 3.61. The number of aromatic nitrogens is 2. The molecule has 0 radical (unpaired) electrons. The summed E-state index contributed by atoms with van der Waals surface area (Å²) in [5, 5.41) is 14.4. The minimum atomic E-state index is -0.0973. The number of hydrogen-bond donors (Lipinski definition) is 2. The van der Waals surface area contributed by atoms with E-state index in [1.165, 1.54) is 23.1 Å². The summed E-state index contributed by atoms with van der Waals surface area (Å²) < 4.78 is 16.6. The molecule has 0 spiro atoms. The molecule has 0 aliphatic carbocycles. The number of benzene rings is 1. The summed E-state index contributed by atoms with van der Waals surface area (Å²) in [4.78, 5) is 12.0. The van der Waals surface area contributed by atoms with Crippen LogP contribution in [0.4, 0.5) is 5.13 Å². The monoisotopic (exact) mass is 384 g/mol. The van der Waals surface area contributed by atoms with Gasteiger partial charge >= 0.3 is 0 Å². The lowest BCUT2D eigenvalue weighted by molar-refractivity contribution is -0.118. The second-order valence-corrected chi connectivity index (χ2v) is 6.92. The summed E-state index contributed by atoms with van der Waals surface area (Å²) in [7, 11) is 6.43. The first kappa shape index (κ1) is 19.1. The highest BCUT2D eigenvalue weighted by Crippen LogP contribution is 2.38. The molecule has 0 fully saturated rings. The number of nitrogens with one attached hydrogen (secondary N) is 2. The maximum atomic E-state index is 12.0. The predicted molar refractivity (Wildman–Crippen MR) is 98.1 cm³/mol. The van der Waals surface area contributed by atoms with E-state index in [1.54, 1.807) is 40.5 Å². The molecule has 136 valence electrons. The van der Waals surface area contributed by atoms with Gasteiger partial charge in [-0.3, -0.25) is 4.79 Å². The number of carbonyl (C=O) groups excluding carboxylic acids is 1. The van der Waals surface area contributed by atoms with Crippen molar-refractivity contribution in [1.29, 1.82) is 0 Å². The molecule has 8 nitrogen and oxygen atoms in total. The predicted octanol–water partition coefficient (Wildman–Crippen LogP) is 2.01. The largest absolute Gasteiger partial charge is 0.493 e. The van der Waals surface area contributed by atoms with Crippen LogP contribution in [0.3, 0.4) is 0 Å². The van der Waals surface area contributed by atoms with E-state index >= 15 is 0 Å². The highest BCUT2D eigenvalue weighted by atomic mass is 32.2. The van der Waals surface area contributed by atoms with E-state index in [0.717, 1.165) is 15.0 Å². The SMILES string of the molecule is CNc1nnc(SCC(=O)NCc2cc(OC)c(OC)c(OC)c2)s1. The van der Waals surface area contributed by atoms with Crippen LogP contribution in [0.1, 0.15) is 5.56 Å². The van der Waals surface area contributed by atoms with Gasteiger partial charge in [-0.25, -0.2) is 0 Å². The molecular weight excluding hydrogens is 364 g/mol. The number of ether oxygens (including phenoxy) is 3. The molecule has 2 N–H and O–H groups in total. The van der Waals surface area contributed by atoms with Crippen molar-refractivity contribution in [3.05, 3.63) is 17.7 Å². The van der Waals surface area contributed by atoms with Crippen LogP contribution in [0, 0.1) is 0 Å². The van der Waals surface area contributed by atoms with E-state index < -0.39 is 0 Å². The Morgan fingerprint density at radius 2 is 1.84 bits per heavy atom. The van der Waals surface area contributed by atoms with Gasteiger partial charge in [-0.05, 0) is 17.7 Å². The van der Waals surface area contributed by atoms with Gasteiger partial charge in [0.05, 0.1) is 27.1 Å². The Morgan fingerprint density at radius 1 is 1.16 bits per heavy atom. The smallest absolute Gasteiger partial charge is 0.230 e. The fourth-order valence-electron chi connectivity index (χ4n) is 1.99. The Morgan fingerprint density at radius 3 is 2.36 bits per heavy atom. The summed E-state index contributed by atoms with van der Waals surface area (Å²) in [5.74, 6) is 1.79. The number of methoxy groups -OCH3 is 3. The molecule has 0 saturated carbocycles. The number of anilines is 1. The van der Waals surface area contributed by atoms with Crippen molar-refractivity contribution < 1.29 is 19.0 Å². The van der Waals surface area contributed by atoms with Gasteiger partial charge in [0.2, 0.25) is 16.8 Å². The average Bonchev–Trinajstić information content (AvgIpc) is 3.11. The highest BCUT2D eigenvalue weighted by molar-refractivity contribution is 8.01. The van der Waals surface area contributed by atoms with Crippen LogP contribution < -0.4 is 24.8 Å². The van der Waals surface area contributed by atoms with Crippen LogP contribution in [0.5, 0.6) is 17.2 Å². The zero-order valence-corrected chi connectivity index (χ0v) is 16.0. The Kier molecular flexibility index (Phi) is 7.14. The molecule has 0 saturated heterocycles. The van der Waals surface area contributed by atoms with Crippen LogP contribution in [-0.4, -0.2) is 50.2 Å². The van der Waals surface area contributed by atoms with Gasteiger partial charge in [-0.2, -0.15) is 0 Å². The molecular formula is C15H20N4O4S2. The summed E-state index contributed by atoms with van der Waals surface area (Å²) in [6.07, 6.45) is 0. The van der Waals surface area contributed by atoms with E-state index in [2.05, 4.69) is 20.8 Å². The van der Waals surface area contributed by atoms with E-state index in [-0.39, 0.29) is 11.7 Å². The molecule has 25 heavy (non-hydrogen) atoms. The Balaban J connectivity index is 1.92. The number of carbonyl (C=O) groups is 1. The molecule has 1 heterocycles. The van der Waals surface area contributed by atoms with Crippen molar-refractivity contribution in [3.63, 3.8) is 0 Å². The topological polar surface area (TPSA) is 94.6 Å². The minimum absolute atomic E-state index is 0.0973. The van der Waals surface area contributed by atoms with Crippen molar-refractivity contribution in [2.45, 2.75) is 10.9 Å². The number of amides is 1. The number of rotatable bonds is 9. The molecule has 1 aromatic heterocycles. The average molecular weight is 384 g/mol. The van der Waals surface area contributed by atoms with Gasteiger partial charge in [0.25, 0.3) is 0 Å².